The molecule has 0 bridgehead atoms. The maximum absolute atomic E-state index is 13.1. The Labute approximate surface area is 116 Å². The van der Waals surface area contributed by atoms with Gasteiger partial charge in [0, 0.05) is 24.7 Å². The average molecular weight is 274 g/mol. The summed E-state index contributed by atoms with van der Waals surface area (Å²) in [4.78, 5) is 13.6. The molecule has 20 heavy (non-hydrogen) atoms. The smallest absolute Gasteiger partial charge is 0.253 e. The van der Waals surface area contributed by atoms with Gasteiger partial charge in [-0.05, 0) is 24.3 Å². The number of nitrogens with two attached hydrogens (primary N) is 1. The standard InChI is InChI=1S/C15H15FN2O2/c1-18(9-11-4-2-3-5-14(11)19)15(20)10-6-7-12(16)13(17)8-10/h2-8,19H,9,17H2,1H3. The first-order valence-electron chi connectivity index (χ1n) is 6.06. The Morgan fingerprint density at radius 1 is 1.30 bits per heavy atom. The Morgan fingerprint density at radius 3 is 2.65 bits per heavy atom. The van der Waals surface area contributed by atoms with Crippen LogP contribution in [0, 0.1) is 5.82 Å². The van der Waals surface area contributed by atoms with Gasteiger partial charge in [0.05, 0.1) is 5.69 Å². The molecule has 2 aromatic rings. The summed E-state index contributed by atoms with van der Waals surface area (Å²) in [6, 6.07) is 10.6. The highest BCUT2D eigenvalue weighted by Gasteiger charge is 2.14. The van der Waals surface area contributed by atoms with Crippen LogP contribution in [0.5, 0.6) is 5.75 Å². The molecule has 0 aliphatic carbocycles. The third-order valence-electron chi connectivity index (χ3n) is 2.99. The normalized spacial score (nSPS) is 10.3. The number of amides is 1. The van der Waals surface area contributed by atoms with Crippen LogP contribution in [-0.4, -0.2) is 23.0 Å². The van der Waals surface area contributed by atoms with Crippen molar-refractivity contribution in [2.45, 2.75) is 6.54 Å². The van der Waals surface area contributed by atoms with Crippen LogP contribution in [-0.2, 0) is 6.54 Å². The Bertz CT molecular complexity index is 644. The second kappa shape index (κ2) is 5.61. The lowest BCUT2D eigenvalue weighted by molar-refractivity contribution is 0.0784. The van der Waals surface area contributed by atoms with E-state index in [1.54, 1.807) is 31.3 Å². The molecule has 3 N–H and O–H groups in total. The van der Waals surface area contributed by atoms with Gasteiger partial charge in [0.25, 0.3) is 5.91 Å². The van der Waals surface area contributed by atoms with E-state index in [9.17, 15) is 14.3 Å². The molecular formula is C15H15FN2O2. The molecule has 1 amide bonds. The van der Waals surface area contributed by atoms with Crippen LogP contribution in [0.4, 0.5) is 10.1 Å². The minimum absolute atomic E-state index is 0.0631. The monoisotopic (exact) mass is 274 g/mol. The lowest BCUT2D eigenvalue weighted by atomic mass is 10.1. The van der Waals surface area contributed by atoms with E-state index in [4.69, 9.17) is 5.73 Å². The summed E-state index contributed by atoms with van der Waals surface area (Å²) in [5.74, 6) is -0.712. The maximum atomic E-state index is 13.1. The number of para-hydroxylation sites is 1. The second-order valence-electron chi connectivity index (χ2n) is 4.53. The first-order valence-corrected chi connectivity index (χ1v) is 6.06. The molecule has 0 saturated carbocycles. The quantitative estimate of drug-likeness (QED) is 0.844. The minimum atomic E-state index is -0.551. The number of phenolic OH excluding ortho intramolecular Hbond substituents is 1. The van der Waals surface area contributed by atoms with Crippen molar-refractivity contribution >= 4 is 11.6 Å². The topological polar surface area (TPSA) is 66.6 Å². The summed E-state index contributed by atoms with van der Waals surface area (Å²) >= 11 is 0. The number of hydrogen-bond acceptors (Lipinski definition) is 3. The third kappa shape index (κ3) is 2.88. The molecule has 0 fully saturated rings. The Morgan fingerprint density at radius 2 is 2.00 bits per heavy atom. The fourth-order valence-electron chi connectivity index (χ4n) is 1.87. The van der Waals surface area contributed by atoms with E-state index in [0.29, 0.717) is 11.1 Å². The number of carbonyl (C=O) groups is 1. The molecule has 2 rings (SSSR count). The van der Waals surface area contributed by atoms with Gasteiger partial charge >= 0.3 is 0 Å². The summed E-state index contributed by atoms with van der Waals surface area (Å²) in [7, 11) is 1.61. The molecule has 2 aromatic carbocycles. The number of halogens is 1. The van der Waals surface area contributed by atoms with Crippen LogP contribution in [0.2, 0.25) is 0 Å². The molecule has 0 aliphatic rings. The SMILES string of the molecule is CN(Cc1ccccc1O)C(=O)c1ccc(F)c(N)c1. The molecule has 0 spiro atoms. The summed E-state index contributed by atoms with van der Waals surface area (Å²) in [5, 5.41) is 9.68. The van der Waals surface area contributed by atoms with Gasteiger partial charge in [-0.25, -0.2) is 4.39 Å². The highest BCUT2D eigenvalue weighted by molar-refractivity contribution is 5.94. The first kappa shape index (κ1) is 13.9. The predicted molar refractivity (Wildman–Crippen MR) is 74.7 cm³/mol. The van der Waals surface area contributed by atoms with Crippen molar-refractivity contribution in [3.63, 3.8) is 0 Å². The number of nitrogen functional groups attached to an aromatic ring is 1. The highest BCUT2D eigenvalue weighted by atomic mass is 19.1. The highest BCUT2D eigenvalue weighted by Crippen LogP contribution is 2.19. The Balaban J connectivity index is 2.16. The van der Waals surface area contributed by atoms with Crippen molar-refractivity contribution in [1.82, 2.24) is 4.90 Å². The molecule has 0 aliphatic heterocycles. The zero-order valence-corrected chi connectivity index (χ0v) is 11.0. The van der Waals surface area contributed by atoms with Crippen molar-refractivity contribution in [3.05, 3.63) is 59.4 Å². The van der Waals surface area contributed by atoms with Crippen LogP contribution in [0.25, 0.3) is 0 Å². The number of nitrogens with zero attached hydrogens (tertiary/aromatic N) is 1. The summed E-state index contributed by atoms with van der Waals surface area (Å²) in [6.45, 7) is 0.253. The number of phenols is 1. The van der Waals surface area contributed by atoms with Gasteiger partial charge in [-0.15, -0.1) is 0 Å². The summed E-state index contributed by atoms with van der Waals surface area (Å²) in [5.41, 5.74) is 6.33. The number of hydrogen-bond donors (Lipinski definition) is 2. The maximum Gasteiger partial charge on any atom is 0.253 e. The summed E-state index contributed by atoms with van der Waals surface area (Å²) in [6.07, 6.45) is 0. The molecule has 0 aromatic heterocycles. The van der Waals surface area contributed by atoms with Crippen LogP contribution in [0.1, 0.15) is 15.9 Å². The largest absolute Gasteiger partial charge is 0.508 e. The van der Waals surface area contributed by atoms with E-state index in [1.165, 1.54) is 17.0 Å². The van der Waals surface area contributed by atoms with Gasteiger partial charge in [0.1, 0.15) is 11.6 Å². The van der Waals surface area contributed by atoms with Gasteiger partial charge in [-0.1, -0.05) is 18.2 Å². The predicted octanol–water partition coefficient (Wildman–Crippen LogP) is 2.39. The van der Waals surface area contributed by atoms with Crippen LogP contribution in [0.15, 0.2) is 42.5 Å². The van der Waals surface area contributed by atoms with Crippen molar-refractivity contribution < 1.29 is 14.3 Å². The van der Waals surface area contributed by atoms with Crippen molar-refractivity contribution in [3.8, 4) is 5.75 Å². The molecule has 104 valence electrons. The van der Waals surface area contributed by atoms with Crippen LogP contribution >= 0.6 is 0 Å². The van der Waals surface area contributed by atoms with Crippen LogP contribution in [0.3, 0.4) is 0 Å². The van der Waals surface area contributed by atoms with Gasteiger partial charge < -0.3 is 15.7 Å². The number of anilines is 1. The van der Waals surface area contributed by atoms with Gasteiger partial charge in [0.15, 0.2) is 0 Å². The number of rotatable bonds is 3. The fourth-order valence-corrected chi connectivity index (χ4v) is 1.87. The summed E-state index contributed by atoms with van der Waals surface area (Å²) < 4.78 is 13.1. The van der Waals surface area contributed by atoms with Crippen molar-refractivity contribution in [2.75, 3.05) is 12.8 Å². The van der Waals surface area contributed by atoms with E-state index in [0.717, 1.165) is 6.07 Å². The molecular weight excluding hydrogens is 259 g/mol. The third-order valence-corrected chi connectivity index (χ3v) is 2.99. The lowest BCUT2D eigenvalue weighted by Crippen LogP contribution is -2.26. The van der Waals surface area contributed by atoms with E-state index >= 15 is 0 Å². The number of benzene rings is 2. The lowest BCUT2D eigenvalue weighted by Gasteiger charge is -2.18. The molecule has 0 heterocycles. The van der Waals surface area contributed by atoms with Gasteiger partial charge in [0.2, 0.25) is 0 Å². The molecule has 5 heteroatoms. The van der Waals surface area contributed by atoms with Crippen LogP contribution < -0.4 is 5.73 Å². The van der Waals surface area contributed by atoms with E-state index in [2.05, 4.69) is 0 Å². The average Bonchev–Trinajstić information content (AvgIpc) is 2.43. The van der Waals surface area contributed by atoms with Crippen molar-refractivity contribution in [1.29, 1.82) is 0 Å². The minimum Gasteiger partial charge on any atom is -0.508 e. The molecule has 0 atom stereocenters. The molecule has 4 nitrogen and oxygen atoms in total. The molecule has 0 saturated heterocycles. The number of aromatic hydroxyl groups is 1. The Kier molecular flexibility index (Phi) is 3.89. The van der Waals surface area contributed by atoms with Crippen molar-refractivity contribution in [2.24, 2.45) is 0 Å². The van der Waals surface area contributed by atoms with E-state index in [1.807, 2.05) is 0 Å². The van der Waals surface area contributed by atoms with Gasteiger partial charge in [-0.2, -0.15) is 0 Å². The zero-order chi connectivity index (χ0) is 14.7. The fraction of sp³-hybridized carbons (Fsp3) is 0.133. The molecule has 0 radical (unpaired) electrons. The zero-order valence-electron chi connectivity index (χ0n) is 11.0. The van der Waals surface area contributed by atoms with Gasteiger partial charge in [-0.3, -0.25) is 4.79 Å². The Hall–Kier alpha value is -2.56. The first-order chi connectivity index (χ1) is 9.49. The van der Waals surface area contributed by atoms with E-state index in [-0.39, 0.29) is 23.9 Å². The van der Waals surface area contributed by atoms with E-state index < -0.39 is 5.82 Å². The second-order valence-corrected chi connectivity index (χ2v) is 4.53. The molecule has 0 unspecified atom stereocenters. The number of carbonyl (C=O) groups excluding carboxylic acids is 1.